The quantitative estimate of drug-likeness (QED) is 0.580. The van der Waals surface area contributed by atoms with Crippen LogP contribution in [0.25, 0.3) is 0 Å². The molecule has 0 bridgehead atoms. The van der Waals surface area contributed by atoms with Gasteiger partial charge in [-0.25, -0.2) is 0 Å². The van der Waals surface area contributed by atoms with Gasteiger partial charge in [0.05, 0.1) is 11.0 Å². The van der Waals surface area contributed by atoms with Crippen LogP contribution in [0, 0.1) is 10.1 Å². The van der Waals surface area contributed by atoms with E-state index < -0.39 is 11.0 Å². The Morgan fingerprint density at radius 3 is 2.39 bits per heavy atom. The maximum atomic E-state index is 10.5. The molecule has 1 aromatic carbocycles. The van der Waals surface area contributed by atoms with Crippen LogP contribution in [-0.2, 0) is 0 Å². The van der Waals surface area contributed by atoms with Gasteiger partial charge in [-0.05, 0) is 44.8 Å². The minimum atomic E-state index is -0.800. The number of aliphatic hydroxyl groups excluding tert-OH is 1. The third-order valence-electron chi connectivity index (χ3n) is 2.76. The second-order valence-electron chi connectivity index (χ2n) is 4.55. The van der Waals surface area contributed by atoms with Crippen molar-refractivity contribution in [2.75, 3.05) is 20.6 Å². The van der Waals surface area contributed by atoms with E-state index in [1.807, 2.05) is 19.0 Å². The molecule has 0 saturated carbocycles. The Balaban J connectivity index is 2.65. The Morgan fingerprint density at radius 1 is 1.39 bits per heavy atom. The number of nitro groups is 1. The second kappa shape index (κ2) is 6.44. The van der Waals surface area contributed by atoms with E-state index in [0.29, 0.717) is 12.0 Å². The van der Waals surface area contributed by atoms with Crippen LogP contribution in [0.5, 0.6) is 0 Å². The summed E-state index contributed by atoms with van der Waals surface area (Å²) in [5, 5.41) is 20.5. The predicted molar refractivity (Wildman–Crippen MR) is 69.2 cm³/mol. The van der Waals surface area contributed by atoms with Gasteiger partial charge in [-0.3, -0.25) is 10.1 Å². The van der Waals surface area contributed by atoms with Gasteiger partial charge in [0, 0.05) is 18.2 Å². The first-order valence-electron chi connectivity index (χ1n) is 5.74. The van der Waals surface area contributed by atoms with E-state index in [0.717, 1.165) is 6.54 Å². The van der Waals surface area contributed by atoms with Crippen molar-refractivity contribution in [3.63, 3.8) is 0 Å². The molecule has 2 unspecified atom stereocenters. The normalized spacial score (nSPS) is 14.5. The predicted octanol–water partition coefficient (Wildman–Crippen LogP) is 0.907. The molecule has 6 nitrogen and oxygen atoms in total. The minimum Gasteiger partial charge on any atom is -0.387 e. The molecule has 1 rings (SSSR count). The highest BCUT2D eigenvalue weighted by atomic mass is 16.6. The van der Waals surface area contributed by atoms with Gasteiger partial charge in [-0.15, -0.1) is 0 Å². The largest absolute Gasteiger partial charge is 0.387 e. The van der Waals surface area contributed by atoms with E-state index in [1.54, 1.807) is 12.1 Å². The van der Waals surface area contributed by atoms with Crippen LogP contribution in [0.15, 0.2) is 24.3 Å². The first-order valence-corrected chi connectivity index (χ1v) is 5.74. The summed E-state index contributed by atoms with van der Waals surface area (Å²) in [6, 6.07) is 5.44. The van der Waals surface area contributed by atoms with Gasteiger partial charge < -0.3 is 15.7 Å². The molecule has 0 saturated heterocycles. The van der Waals surface area contributed by atoms with Crippen molar-refractivity contribution >= 4 is 5.69 Å². The summed E-state index contributed by atoms with van der Waals surface area (Å²) >= 11 is 0. The van der Waals surface area contributed by atoms with Gasteiger partial charge in [0.15, 0.2) is 0 Å². The third kappa shape index (κ3) is 4.06. The first kappa shape index (κ1) is 14.6. The average Bonchev–Trinajstić information content (AvgIpc) is 2.35. The maximum Gasteiger partial charge on any atom is 0.269 e. The lowest BCUT2D eigenvalue weighted by Crippen LogP contribution is -2.32. The third-order valence-corrected chi connectivity index (χ3v) is 2.76. The molecule has 6 heteroatoms. The molecule has 0 aromatic heterocycles. The fourth-order valence-corrected chi connectivity index (χ4v) is 1.61. The van der Waals surface area contributed by atoms with Crippen LogP contribution in [0.3, 0.4) is 0 Å². The van der Waals surface area contributed by atoms with Crippen molar-refractivity contribution in [2.45, 2.75) is 18.6 Å². The second-order valence-corrected chi connectivity index (χ2v) is 4.55. The highest BCUT2D eigenvalue weighted by molar-refractivity contribution is 5.34. The van der Waals surface area contributed by atoms with E-state index in [1.165, 1.54) is 12.1 Å². The van der Waals surface area contributed by atoms with Gasteiger partial charge in [0.25, 0.3) is 5.69 Å². The summed E-state index contributed by atoms with van der Waals surface area (Å²) in [4.78, 5) is 12.0. The van der Waals surface area contributed by atoms with Crippen LogP contribution in [-0.4, -0.2) is 41.6 Å². The molecule has 0 aliphatic heterocycles. The van der Waals surface area contributed by atoms with Crippen molar-refractivity contribution in [1.82, 2.24) is 4.90 Å². The summed E-state index contributed by atoms with van der Waals surface area (Å²) in [5.41, 5.74) is 6.50. The Morgan fingerprint density at radius 2 is 1.94 bits per heavy atom. The lowest BCUT2D eigenvalue weighted by molar-refractivity contribution is -0.384. The molecule has 0 aliphatic carbocycles. The fraction of sp³-hybridized carbons (Fsp3) is 0.500. The Labute approximate surface area is 106 Å². The highest BCUT2D eigenvalue weighted by Crippen LogP contribution is 2.20. The summed E-state index contributed by atoms with van der Waals surface area (Å²) in [7, 11) is 3.87. The molecule has 1 aromatic rings. The molecule has 0 radical (unpaired) electrons. The first-order chi connectivity index (χ1) is 8.41. The number of non-ortho nitro benzene ring substituents is 1. The molecule has 100 valence electrons. The molecule has 0 spiro atoms. The Hall–Kier alpha value is -1.50. The van der Waals surface area contributed by atoms with Crippen molar-refractivity contribution in [1.29, 1.82) is 0 Å². The van der Waals surface area contributed by atoms with E-state index in [4.69, 9.17) is 5.73 Å². The van der Waals surface area contributed by atoms with Crippen LogP contribution < -0.4 is 5.73 Å². The van der Waals surface area contributed by atoms with Crippen LogP contribution in [0.2, 0.25) is 0 Å². The van der Waals surface area contributed by atoms with E-state index in [-0.39, 0.29) is 11.7 Å². The highest BCUT2D eigenvalue weighted by Gasteiger charge is 2.17. The van der Waals surface area contributed by atoms with Crippen molar-refractivity contribution < 1.29 is 10.0 Å². The zero-order chi connectivity index (χ0) is 13.7. The molecule has 2 atom stereocenters. The Kier molecular flexibility index (Phi) is 5.21. The van der Waals surface area contributed by atoms with Crippen molar-refractivity contribution in [2.24, 2.45) is 5.73 Å². The van der Waals surface area contributed by atoms with Gasteiger partial charge in [0.2, 0.25) is 0 Å². The van der Waals surface area contributed by atoms with Gasteiger partial charge >= 0.3 is 0 Å². The number of benzene rings is 1. The average molecular weight is 253 g/mol. The monoisotopic (exact) mass is 253 g/mol. The summed E-state index contributed by atoms with van der Waals surface area (Å²) < 4.78 is 0. The SMILES string of the molecule is CN(C)CCC(N)C(O)c1ccc([N+](=O)[O-])cc1. The van der Waals surface area contributed by atoms with Crippen molar-refractivity contribution in [3.05, 3.63) is 39.9 Å². The van der Waals surface area contributed by atoms with Gasteiger partial charge in [-0.1, -0.05) is 0 Å². The molecule has 0 heterocycles. The van der Waals surface area contributed by atoms with Crippen LogP contribution in [0.1, 0.15) is 18.1 Å². The fourth-order valence-electron chi connectivity index (χ4n) is 1.61. The van der Waals surface area contributed by atoms with Crippen molar-refractivity contribution in [3.8, 4) is 0 Å². The van der Waals surface area contributed by atoms with Gasteiger partial charge in [0.1, 0.15) is 0 Å². The summed E-state index contributed by atoms with van der Waals surface area (Å²) in [5.74, 6) is 0. The minimum absolute atomic E-state index is 0.00723. The molecule has 0 aliphatic rings. The summed E-state index contributed by atoms with van der Waals surface area (Å²) in [6.45, 7) is 0.783. The molecular weight excluding hydrogens is 234 g/mol. The molecule has 18 heavy (non-hydrogen) atoms. The molecule has 3 N–H and O–H groups in total. The van der Waals surface area contributed by atoms with Crippen LogP contribution >= 0.6 is 0 Å². The standard InChI is InChI=1S/C12H19N3O3/c1-14(2)8-7-11(13)12(16)9-3-5-10(6-4-9)15(17)18/h3-6,11-12,16H,7-8,13H2,1-2H3. The number of aliphatic hydroxyl groups is 1. The van der Waals surface area contributed by atoms with Gasteiger partial charge in [-0.2, -0.15) is 0 Å². The molecular formula is C12H19N3O3. The lowest BCUT2D eigenvalue weighted by Gasteiger charge is -2.20. The van der Waals surface area contributed by atoms with E-state index in [2.05, 4.69) is 0 Å². The number of nitro benzene ring substituents is 1. The number of hydrogen-bond acceptors (Lipinski definition) is 5. The molecule has 0 fully saturated rings. The zero-order valence-electron chi connectivity index (χ0n) is 10.6. The molecule has 0 amide bonds. The zero-order valence-corrected chi connectivity index (χ0v) is 10.6. The number of rotatable bonds is 6. The van der Waals surface area contributed by atoms with E-state index in [9.17, 15) is 15.2 Å². The maximum absolute atomic E-state index is 10.5. The Bertz CT molecular complexity index is 392. The summed E-state index contributed by atoms with van der Waals surface area (Å²) in [6.07, 6.45) is -0.142. The lowest BCUT2D eigenvalue weighted by atomic mass is 10.00. The number of hydrogen-bond donors (Lipinski definition) is 2. The topological polar surface area (TPSA) is 92.6 Å². The van der Waals surface area contributed by atoms with Crippen LogP contribution in [0.4, 0.5) is 5.69 Å². The van der Waals surface area contributed by atoms with E-state index >= 15 is 0 Å². The number of nitrogens with two attached hydrogens (primary N) is 1. The smallest absolute Gasteiger partial charge is 0.269 e. The number of nitrogens with zero attached hydrogens (tertiary/aromatic N) is 2.